The molecule has 0 radical (unpaired) electrons. The Morgan fingerprint density at radius 1 is 1.17 bits per heavy atom. The van der Waals surface area contributed by atoms with Gasteiger partial charge in [-0.15, -0.1) is 0 Å². The molecule has 0 aromatic heterocycles. The summed E-state index contributed by atoms with van der Waals surface area (Å²) in [5, 5.41) is 10.7. The van der Waals surface area contributed by atoms with Gasteiger partial charge in [-0.1, -0.05) is 19.1 Å². The van der Waals surface area contributed by atoms with E-state index in [1.807, 2.05) is 19.1 Å². The van der Waals surface area contributed by atoms with Crippen molar-refractivity contribution in [2.24, 2.45) is 5.92 Å². The number of sulfonamides is 1. The largest absolute Gasteiger partial charge is 0.492 e. The minimum absolute atomic E-state index is 0.0370. The Hall–Kier alpha value is -2.62. The number of nitrogens with zero attached hydrogens (tertiary/aromatic N) is 1. The molecule has 1 fully saturated rings. The highest BCUT2D eigenvalue weighted by molar-refractivity contribution is 7.92. The minimum atomic E-state index is -4.04. The number of anilines is 1. The van der Waals surface area contributed by atoms with Crippen LogP contribution in [-0.4, -0.2) is 52.5 Å². The summed E-state index contributed by atoms with van der Waals surface area (Å²) in [5.74, 6) is -0.0701. The summed E-state index contributed by atoms with van der Waals surface area (Å²) in [4.78, 5) is 12.5. The van der Waals surface area contributed by atoms with Gasteiger partial charge in [0.15, 0.2) is 0 Å². The third kappa shape index (κ3) is 5.17. The molecule has 2 atom stereocenters. The van der Waals surface area contributed by atoms with Crippen LogP contribution in [0.15, 0.2) is 41.3 Å². The molecule has 0 saturated carbocycles. The van der Waals surface area contributed by atoms with Crippen LogP contribution in [0.4, 0.5) is 5.69 Å². The summed E-state index contributed by atoms with van der Waals surface area (Å²) in [7, 11) is -2.79. The number of carbonyl (C=O) groups excluding carboxylic acids is 1. The monoisotopic (exact) mass is 503 g/mol. The van der Waals surface area contributed by atoms with Crippen LogP contribution in [-0.2, 0) is 25.9 Å². The lowest BCUT2D eigenvalue weighted by atomic mass is 9.94. The maximum atomic E-state index is 13.8. The van der Waals surface area contributed by atoms with Gasteiger partial charge in [-0.2, -0.15) is 0 Å². The summed E-state index contributed by atoms with van der Waals surface area (Å²) in [5.41, 5.74) is 2.13. The first-order valence-electron chi connectivity index (χ1n) is 12.0. The number of methoxy groups -OCH3 is 1. The molecule has 0 aliphatic carbocycles. The van der Waals surface area contributed by atoms with Crippen molar-refractivity contribution in [2.75, 3.05) is 31.2 Å². The van der Waals surface area contributed by atoms with Crippen LogP contribution in [0.2, 0.25) is 0 Å². The van der Waals surface area contributed by atoms with E-state index in [2.05, 4.69) is 0 Å². The Kier molecular flexibility index (Phi) is 7.68. The molecule has 8 nitrogen and oxygen atoms in total. The van der Waals surface area contributed by atoms with Crippen LogP contribution in [0.3, 0.4) is 0 Å². The molecule has 2 aromatic rings. The van der Waals surface area contributed by atoms with Crippen LogP contribution in [0.5, 0.6) is 5.75 Å². The van der Waals surface area contributed by atoms with Gasteiger partial charge < -0.3 is 19.3 Å². The predicted molar refractivity (Wildman–Crippen MR) is 131 cm³/mol. The van der Waals surface area contributed by atoms with Gasteiger partial charge in [0.05, 0.1) is 30.4 Å². The SMILES string of the molecule is CCc1ccc2c(c1)C(O)CC(C)N2S(=O)(=O)c1ccc(OCC2CCOCC2)c(C(=O)OC)c1. The van der Waals surface area contributed by atoms with Gasteiger partial charge in [-0.05, 0) is 68.4 Å². The van der Waals surface area contributed by atoms with Crippen molar-refractivity contribution >= 4 is 21.7 Å². The molecule has 0 bridgehead atoms. The molecule has 4 rings (SSSR count). The first kappa shape index (κ1) is 25.5. The van der Waals surface area contributed by atoms with Crippen molar-refractivity contribution in [3.63, 3.8) is 0 Å². The summed E-state index contributed by atoms with van der Waals surface area (Å²) in [6.07, 6.45) is 2.05. The van der Waals surface area contributed by atoms with Crippen LogP contribution in [0.1, 0.15) is 60.7 Å². The van der Waals surface area contributed by atoms with E-state index in [0.29, 0.717) is 37.0 Å². The Balaban J connectivity index is 1.69. The fraction of sp³-hybridized carbons (Fsp3) is 0.500. The third-order valence-electron chi connectivity index (χ3n) is 6.79. The standard InChI is InChI=1S/C26H33NO7S/c1-4-18-5-7-23-21(14-18)24(28)13-17(2)27(23)35(30,31)20-6-8-25(22(15-20)26(29)32-3)34-16-19-9-11-33-12-10-19/h5-8,14-15,17,19,24,28H,4,9-13,16H2,1-3H3. The number of fused-ring (bicyclic) bond motifs is 1. The van der Waals surface area contributed by atoms with Gasteiger partial charge in [-0.3, -0.25) is 4.31 Å². The molecule has 1 N–H and O–H groups in total. The molecule has 2 heterocycles. The highest BCUT2D eigenvalue weighted by Gasteiger charge is 2.38. The second-order valence-corrected chi connectivity index (χ2v) is 11.0. The Bertz CT molecular complexity index is 1170. The minimum Gasteiger partial charge on any atom is -0.492 e. The lowest BCUT2D eigenvalue weighted by molar-refractivity contribution is 0.0483. The lowest BCUT2D eigenvalue weighted by Gasteiger charge is -2.38. The van der Waals surface area contributed by atoms with E-state index in [9.17, 15) is 18.3 Å². The predicted octanol–water partition coefficient (Wildman–Crippen LogP) is 3.86. The highest BCUT2D eigenvalue weighted by atomic mass is 32.2. The molecule has 190 valence electrons. The first-order chi connectivity index (χ1) is 16.8. The number of hydrogen-bond donors (Lipinski definition) is 1. The number of hydrogen-bond acceptors (Lipinski definition) is 7. The summed E-state index contributed by atoms with van der Waals surface area (Å²) in [6.45, 7) is 5.55. The van der Waals surface area contributed by atoms with E-state index in [-0.39, 0.29) is 22.6 Å². The molecule has 2 aliphatic rings. The second-order valence-electron chi connectivity index (χ2n) is 9.16. The molecule has 2 aromatic carbocycles. The number of aryl methyl sites for hydroxylation is 1. The summed E-state index contributed by atoms with van der Waals surface area (Å²) < 4.78 is 45.2. The third-order valence-corrected chi connectivity index (χ3v) is 8.71. The van der Waals surface area contributed by atoms with E-state index in [0.717, 1.165) is 24.8 Å². The number of rotatable bonds is 7. The van der Waals surface area contributed by atoms with E-state index >= 15 is 0 Å². The van der Waals surface area contributed by atoms with Crippen LogP contribution < -0.4 is 9.04 Å². The Morgan fingerprint density at radius 3 is 2.60 bits per heavy atom. The molecule has 1 saturated heterocycles. The van der Waals surface area contributed by atoms with Gasteiger partial charge >= 0.3 is 5.97 Å². The van der Waals surface area contributed by atoms with Crippen molar-refractivity contribution in [2.45, 2.75) is 56.6 Å². The van der Waals surface area contributed by atoms with Crippen molar-refractivity contribution in [1.82, 2.24) is 0 Å². The van der Waals surface area contributed by atoms with Crippen LogP contribution >= 0.6 is 0 Å². The maximum Gasteiger partial charge on any atom is 0.341 e. The quantitative estimate of drug-likeness (QED) is 0.573. The second kappa shape index (κ2) is 10.6. The number of esters is 1. The average Bonchev–Trinajstić information content (AvgIpc) is 2.87. The zero-order valence-electron chi connectivity index (χ0n) is 20.4. The maximum absolute atomic E-state index is 13.8. The molecule has 0 spiro atoms. The van der Waals surface area contributed by atoms with E-state index in [1.165, 1.54) is 29.6 Å². The molecule has 35 heavy (non-hydrogen) atoms. The van der Waals surface area contributed by atoms with Gasteiger partial charge in [0, 0.05) is 24.8 Å². The Morgan fingerprint density at radius 2 is 1.91 bits per heavy atom. The number of ether oxygens (including phenoxy) is 3. The van der Waals surface area contributed by atoms with Gasteiger partial charge in [0.1, 0.15) is 11.3 Å². The molecule has 0 amide bonds. The van der Waals surface area contributed by atoms with Crippen molar-refractivity contribution in [3.05, 3.63) is 53.1 Å². The molecule has 9 heteroatoms. The normalized spacial score (nSPS) is 20.9. The topological polar surface area (TPSA) is 102 Å². The molecule has 2 unspecified atom stereocenters. The van der Waals surface area contributed by atoms with Crippen molar-refractivity contribution in [3.8, 4) is 5.75 Å². The van der Waals surface area contributed by atoms with Crippen LogP contribution in [0.25, 0.3) is 0 Å². The fourth-order valence-electron chi connectivity index (χ4n) is 4.74. The zero-order chi connectivity index (χ0) is 25.2. The van der Waals surface area contributed by atoms with Gasteiger partial charge in [-0.25, -0.2) is 13.2 Å². The molecule has 2 aliphatic heterocycles. The number of benzene rings is 2. The van der Waals surface area contributed by atoms with Crippen molar-refractivity contribution < 1.29 is 32.5 Å². The number of carbonyl (C=O) groups is 1. The summed E-state index contributed by atoms with van der Waals surface area (Å²) in [6, 6.07) is 9.30. The zero-order valence-corrected chi connectivity index (χ0v) is 21.2. The lowest BCUT2D eigenvalue weighted by Crippen LogP contribution is -2.43. The summed E-state index contributed by atoms with van der Waals surface area (Å²) >= 11 is 0. The van der Waals surface area contributed by atoms with E-state index in [4.69, 9.17) is 14.2 Å². The average molecular weight is 504 g/mol. The Labute approximate surface area is 206 Å². The fourth-order valence-corrected chi connectivity index (χ4v) is 6.46. The van der Waals surface area contributed by atoms with Gasteiger partial charge in [0.25, 0.3) is 10.0 Å². The van der Waals surface area contributed by atoms with Crippen LogP contribution in [0, 0.1) is 5.92 Å². The smallest absolute Gasteiger partial charge is 0.341 e. The number of aliphatic hydroxyl groups excluding tert-OH is 1. The van der Waals surface area contributed by atoms with E-state index < -0.39 is 28.1 Å². The highest BCUT2D eigenvalue weighted by Crippen LogP contribution is 2.41. The molecular weight excluding hydrogens is 470 g/mol. The number of aliphatic hydroxyl groups is 1. The molecular formula is C26H33NO7S. The van der Waals surface area contributed by atoms with Crippen molar-refractivity contribution in [1.29, 1.82) is 0 Å². The van der Waals surface area contributed by atoms with Gasteiger partial charge in [0.2, 0.25) is 0 Å². The van der Waals surface area contributed by atoms with E-state index in [1.54, 1.807) is 13.0 Å². The first-order valence-corrected chi connectivity index (χ1v) is 13.5.